The third-order valence-electron chi connectivity index (χ3n) is 4.05. The number of nitrogens with two attached hydrogens (primary N) is 1. The highest BCUT2D eigenvalue weighted by molar-refractivity contribution is 5.88. The lowest BCUT2D eigenvalue weighted by atomic mass is 9.65. The minimum absolute atomic E-state index is 0.0625. The molecule has 2 N–H and O–H groups in total. The van der Waals surface area contributed by atoms with Crippen LogP contribution < -0.4 is 5.73 Å². The number of nitriles is 3. The smallest absolute Gasteiger partial charge is 0.184 e. The monoisotopic (exact) mass is 242 g/mol. The minimum atomic E-state index is -1.62. The Morgan fingerprint density at radius 3 is 2.17 bits per heavy atom. The summed E-state index contributed by atoms with van der Waals surface area (Å²) in [6.07, 6.45) is 0.420. The highest BCUT2D eigenvalue weighted by Crippen LogP contribution is 2.57. The zero-order chi connectivity index (χ0) is 14.1. The normalized spacial score (nSPS) is 29.2. The van der Waals surface area contributed by atoms with Crippen LogP contribution in [0, 0.1) is 50.7 Å². The van der Waals surface area contributed by atoms with Crippen molar-refractivity contribution in [2.24, 2.45) is 22.5 Å². The zero-order valence-electron chi connectivity index (χ0n) is 10.6. The Hall–Kier alpha value is -2.32. The molecule has 0 aliphatic heterocycles. The van der Waals surface area contributed by atoms with Crippen LogP contribution in [0.2, 0.25) is 0 Å². The number of hydrogen-bond donors (Lipinski definition) is 1. The van der Waals surface area contributed by atoms with E-state index >= 15 is 0 Å². The SMILES string of the molecule is CCC1C(C#N)(C#N)C(C#N)=C(N)C1(C)C(C)=O. The van der Waals surface area contributed by atoms with Gasteiger partial charge in [0.05, 0.1) is 29.2 Å². The van der Waals surface area contributed by atoms with Crippen LogP contribution in [-0.4, -0.2) is 5.78 Å². The predicted octanol–water partition coefficient (Wildman–Crippen LogP) is 1.39. The molecule has 2 unspecified atom stereocenters. The van der Waals surface area contributed by atoms with Crippen LogP contribution in [0.3, 0.4) is 0 Å². The van der Waals surface area contributed by atoms with E-state index in [0.717, 1.165) is 0 Å². The van der Waals surface area contributed by atoms with Crippen molar-refractivity contribution in [1.29, 1.82) is 15.8 Å². The molecule has 5 heteroatoms. The molecular weight excluding hydrogens is 228 g/mol. The molecule has 0 saturated carbocycles. The summed E-state index contributed by atoms with van der Waals surface area (Å²) < 4.78 is 0. The van der Waals surface area contributed by atoms with Crippen molar-refractivity contribution in [1.82, 2.24) is 0 Å². The quantitative estimate of drug-likeness (QED) is 0.785. The zero-order valence-corrected chi connectivity index (χ0v) is 10.6. The molecular formula is C13H14N4O. The van der Waals surface area contributed by atoms with E-state index in [2.05, 4.69) is 0 Å². The van der Waals surface area contributed by atoms with Gasteiger partial charge in [-0.15, -0.1) is 0 Å². The van der Waals surface area contributed by atoms with Crippen molar-refractivity contribution in [3.63, 3.8) is 0 Å². The standard InChI is InChI=1S/C13H14N4O/c1-4-10-12(3,8(2)18)11(17)9(5-14)13(10,6-15)7-16/h10H,4,17H2,1-3H3. The van der Waals surface area contributed by atoms with Crippen molar-refractivity contribution < 1.29 is 4.79 Å². The van der Waals surface area contributed by atoms with Gasteiger partial charge < -0.3 is 5.73 Å². The van der Waals surface area contributed by atoms with Crippen LogP contribution in [0.1, 0.15) is 27.2 Å². The van der Waals surface area contributed by atoms with Crippen LogP contribution >= 0.6 is 0 Å². The van der Waals surface area contributed by atoms with E-state index in [-0.39, 0.29) is 17.1 Å². The Kier molecular flexibility index (Phi) is 3.18. The summed E-state index contributed by atoms with van der Waals surface area (Å²) >= 11 is 0. The summed E-state index contributed by atoms with van der Waals surface area (Å²) in [6.45, 7) is 4.75. The van der Waals surface area contributed by atoms with Crippen molar-refractivity contribution in [3.8, 4) is 18.2 Å². The Morgan fingerprint density at radius 1 is 1.39 bits per heavy atom. The van der Waals surface area contributed by atoms with Gasteiger partial charge in [-0.05, 0) is 20.3 Å². The average Bonchev–Trinajstić information content (AvgIpc) is 2.55. The number of rotatable bonds is 2. The largest absolute Gasteiger partial charge is 0.400 e. The second-order valence-electron chi connectivity index (χ2n) is 4.65. The highest BCUT2D eigenvalue weighted by Gasteiger charge is 2.62. The van der Waals surface area contributed by atoms with Crippen molar-refractivity contribution in [2.75, 3.05) is 0 Å². The van der Waals surface area contributed by atoms with Gasteiger partial charge >= 0.3 is 0 Å². The maximum absolute atomic E-state index is 11.9. The number of nitrogens with zero attached hydrogens (tertiary/aromatic N) is 3. The second-order valence-corrected chi connectivity index (χ2v) is 4.65. The molecule has 2 atom stereocenters. The maximum Gasteiger partial charge on any atom is 0.184 e. The first-order valence-electron chi connectivity index (χ1n) is 5.61. The molecule has 18 heavy (non-hydrogen) atoms. The molecule has 92 valence electrons. The number of hydrogen-bond acceptors (Lipinski definition) is 5. The summed E-state index contributed by atoms with van der Waals surface area (Å²) in [7, 11) is 0. The third-order valence-corrected chi connectivity index (χ3v) is 4.05. The summed E-state index contributed by atoms with van der Waals surface area (Å²) in [5.41, 5.74) is 3.15. The molecule has 0 aromatic heterocycles. The fraction of sp³-hybridized carbons (Fsp3) is 0.538. The van der Waals surface area contributed by atoms with Gasteiger partial charge in [0.15, 0.2) is 5.41 Å². The number of allylic oxidation sites excluding steroid dienone is 2. The van der Waals surface area contributed by atoms with Crippen LogP contribution in [0.5, 0.6) is 0 Å². The summed E-state index contributed by atoms with van der Waals surface area (Å²) in [5, 5.41) is 27.8. The first-order valence-corrected chi connectivity index (χ1v) is 5.61. The summed E-state index contributed by atoms with van der Waals surface area (Å²) in [5.74, 6) is -0.820. The van der Waals surface area contributed by atoms with Gasteiger partial charge in [0.2, 0.25) is 0 Å². The second kappa shape index (κ2) is 4.17. The first kappa shape index (κ1) is 13.7. The van der Waals surface area contributed by atoms with E-state index in [1.54, 1.807) is 13.8 Å². The molecule has 0 aromatic carbocycles. The molecule has 0 amide bonds. The van der Waals surface area contributed by atoms with Crippen molar-refractivity contribution in [3.05, 3.63) is 11.3 Å². The van der Waals surface area contributed by atoms with E-state index in [4.69, 9.17) is 11.0 Å². The summed E-state index contributed by atoms with van der Waals surface area (Å²) in [4.78, 5) is 11.9. The van der Waals surface area contributed by atoms with Crippen LogP contribution in [0.25, 0.3) is 0 Å². The lowest BCUT2D eigenvalue weighted by Crippen LogP contribution is -2.40. The molecule has 1 aliphatic carbocycles. The van der Waals surface area contributed by atoms with Crippen LogP contribution in [-0.2, 0) is 4.79 Å². The van der Waals surface area contributed by atoms with Crippen molar-refractivity contribution >= 4 is 5.78 Å². The molecule has 0 aromatic rings. The number of carbonyl (C=O) groups is 1. The molecule has 0 bridgehead atoms. The Morgan fingerprint density at radius 2 is 1.89 bits per heavy atom. The van der Waals surface area contributed by atoms with E-state index in [0.29, 0.717) is 6.42 Å². The molecule has 5 nitrogen and oxygen atoms in total. The highest BCUT2D eigenvalue weighted by atomic mass is 16.1. The van der Waals surface area contributed by atoms with Gasteiger partial charge in [-0.3, -0.25) is 4.79 Å². The van der Waals surface area contributed by atoms with E-state index in [9.17, 15) is 15.3 Å². The van der Waals surface area contributed by atoms with E-state index in [1.807, 2.05) is 18.2 Å². The van der Waals surface area contributed by atoms with Gasteiger partial charge in [-0.1, -0.05) is 6.92 Å². The topological polar surface area (TPSA) is 114 Å². The van der Waals surface area contributed by atoms with Gasteiger partial charge in [-0.2, -0.15) is 15.8 Å². The molecule has 0 spiro atoms. The number of carbonyl (C=O) groups excluding carboxylic acids is 1. The van der Waals surface area contributed by atoms with Crippen LogP contribution in [0.15, 0.2) is 11.3 Å². The predicted molar refractivity (Wildman–Crippen MR) is 63.1 cm³/mol. The van der Waals surface area contributed by atoms with Crippen LogP contribution in [0.4, 0.5) is 0 Å². The van der Waals surface area contributed by atoms with E-state index in [1.165, 1.54) is 6.92 Å². The molecule has 1 rings (SSSR count). The molecule has 0 heterocycles. The van der Waals surface area contributed by atoms with E-state index < -0.39 is 16.7 Å². The van der Waals surface area contributed by atoms with Crippen molar-refractivity contribution in [2.45, 2.75) is 27.2 Å². The molecule has 1 aliphatic rings. The fourth-order valence-corrected chi connectivity index (χ4v) is 2.86. The number of ketones is 1. The third kappa shape index (κ3) is 1.27. The first-order chi connectivity index (χ1) is 8.36. The average molecular weight is 242 g/mol. The Balaban J connectivity index is 3.74. The lowest BCUT2D eigenvalue weighted by Gasteiger charge is -2.33. The maximum atomic E-state index is 11.9. The van der Waals surface area contributed by atoms with Gasteiger partial charge in [0, 0.05) is 11.6 Å². The minimum Gasteiger partial charge on any atom is -0.400 e. The van der Waals surface area contributed by atoms with Gasteiger partial charge in [0.25, 0.3) is 0 Å². The van der Waals surface area contributed by atoms with Gasteiger partial charge in [-0.25, -0.2) is 0 Å². The molecule has 0 fully saturated rings. The number of Topliss-reactive ketones (excluding diaryl/α,β-unsaturated/α-hetero) is 1. The fourth-order valence-electron chi connectivity index (χ4n) is 2.86. The summed E-state index contributed by atoms with van der Waals surface area (Å²) in [6, 6.07) is 5.63. The lowest BCUT2D eigenvalue weighted by molar-refractivity contribution is -0.126. The van der Waals surface area contributed by atoms with Gasteiger partial charge in [0.1, 0.15) is 5.78 Å². The molecule has 0 radical (unpaired) electrons. The molecule has 0 saturated heterocycles. The Bertz CT molecular complexity index is 541. The Labute approximate surface area is 106 Å².